The van der Waals surface area contributed by atoms with Gasteiger partial charge < -0.3 is 14.7 Å². The Bertz CT molecular complexity index is 445. The predicted octanol–water partition coefficient (Wildman–Crippen LogP) is 2.48. The van der Waals surface area contributed by atoms with Gasteiger partial charge in [-0.2, -0.15) is 0 Å². The summed E-state index contributed by atoms with van der Waals surface area (Å²) in [6, 6.07) is 7.19. The quantitative estimate of drug-likeness (QED) is 0.877. The molecule has 4 nitrogen and oxygen atoms in total. The second-order valence-corrected chi connectivity index (χ2v) is 5.49. The van der Waals surface area contributed by atoms with Crippen LogP contribution in [0.2, 0.25) is 5.02 Å². The first-order valence-electron chi connectivity index (χ1n) is 6.95. The Morgan fingerprint density at radius 3 is 2.60 bits per heavy atom. The van der Waals surface area contributed by atoms with E-state index in [-0.39, 0.29) is 18.6 Å². The van der Waals surface area contributed by atoms with Crippen molar-refractivity contribution in [2.75, 3.05) is 13.2 Å². The molecule has 1 N–H and O–H groups in total. The average molecular weight is 298 g/mol. The molecule has 1 atom stereocenters. The Morgan fingerprint density at radius 2 is 2.10 bits per heavy atom. The lowest BCUT2D eigenvalue weighted by Gasteiger charge is -2.38. The maximum absolute atomic E-state index is 12.4. The zero-order chi connectivity index (χ0) is 14.5. The number of benzene rings is 1. The number of nitrogens with zero attached hydrogens (tertiary/aromatic N) is 1. The van der Waals surface area contributed by atoms with Crippen molar-refractivity contribution in [1.29, 1.82) is 0 Å². The smallest absolute Gasteiger partial charge is 0.263 e. The van der Waals surface area contributed by atoms with Gasteiger partial charge in [-0.1, -0.05) is 11.6 Å². The van der Waals surface area contributed by atoms with Crippen LogP contribution in [0.3, 0.4) is 0 Å². The van der Waals surface area contributed by atoms with Gasteiger partial charge >= 0.3 is 0 Å². The van der Waals surface area contributed by atoms with E-state index < -0.39 is 6.10 Å². The van der Waals surface area contributed by atoms with Crippen LogP contribution in [-0.2, 0) is 4.79 Å². The van der Waals surface area contributed by atoms with Crippen molar-refractivity contribution in [3.05, 3.63) is 29.3 Å². The van der Waals surface area contributed by atoms with Crippen molar-refractivity contribution in [1.82, 2.24) is 4.90 Å². The summed E-state index contributed by atoms with van der Waals surface area (Å²) in [6.45, 7) is 2.09. The number of hydrogen-bond acceptors (Lipinski definition) is 3. The van der Waals surface area contributed by atoms with Crippen LogP contribution in [0, 0.1) is 0 Å². The molecule has 0 radical (unpaired) electrons. The largest absolute Gasteiger partial charge is 0.481 e. The number of amides is 1. The molecular formula is C15H20ClNO3. The summed E-state index contributed by atoms with van der Waals surface area (Å²) in [4.78, 5) is 14.1. The highest BCUT2D eigenvalue weighted by Crippen LogP contribution is 2.26. The van der Waals surface area contributed by atoms with Crippen LogP contribution in [0.4, 0.5) is 0 Å². The lowest BCUT2D eigenvalue weighted by molar-refractivity contribution is -0.142. The highest BCUT2D eigenvalue weighted by Gasteiger charge is 2.31. The van der Waals surface area contributed by atoms with E-state index in [2.05, 4.69) is 0 Å². The maximum atomic E-state index is 12.4. The predicted molar refractivity (Wildman–Crippen MR) is 78.0 cm³/mol. The molecule has 1 aliphatic carbocycles. The van der Waals surface area contributed by atoms with Crippen molar-refractivity contribution < 1.29 is 14.6 Å². The molecule has 0 aliphatic heterocycles. The second-order valence-electron chi connectivity index (χ2n) is 5.05. The van der Waals surface area contributed by atoms with Crippen LogP contribution >= 0.6 is 11.6 Å². The minimum absolute atomic E-state index is 0.0180. The Morgan fingerprint density at radius 1 is 1.45 bits per heavy atom. The van der Waals surface area contributed by atoms with E-state index in [1.165, 1.54) is 0 Å². The van der Waals surface area contributed by atoms with Crippen molar-refractivity contribution in [3.63, 3.8) is 0 Å². The molecule has 2 rings (SSSR count). The fraction of sp³-hybridized carbons (Fsp3) is 0.533. The van der Waals surface area contributed by atoms with Crippen molar-refractivity contribution in [2.45, 2.75) is 38.3 Å². The first-order valence-corrected chi connectivity index (χ1v) is 7.33. The molecule has 0 saturated heterocycles. The van der Waals surface area contributed by atoms with Crippen LogP contribution in [-0.4, -0.2) is 41.2 Å². The standard InChI is InChI=1S/C15H20ClNO3/c1-11(20-14-7-5-12(16)6-8-14)15(19)17(9-10-18)13-3-2-4-13/h5-8,11,13,18H,2-4,9-10H2,1H3. The van der Waals surface area contributed by atoms with Gasteiger partial charge in [0.15, 0.2) is 6.10 Å². The van der Waals surface area contributed by atoms with Crippen LogP contribution in [0.25, 0.3) is 0 Å². The molecule has 0 heterocycles. The van der Waals surface area contributed by atoms with Gasteiger partial charge in [-0.25, -0.2) is 0 Å². The zero-order valence-electron chi connectivity index (χ0n) is 11.6. The summed E-state index contributed by atoms with van der Waals surface area (Å²) in [5.41, 5.74) is 0. The van der Waals surface area contributed by atoms with E-state index in [1.54, 1.807) is 36.1 Å². The van der Waals surface area contributed by atoms with Crippen molar-refractivity contribution >= 4 is 17.5 Å². The van der Waals surface area contributed by atoms with E-state index in [0.29, 0.717) is 17.3 Å². The molecule has 20 heavy (non-hydrogen) atoms. The normalized spacial score (nSPS) is 16.4. The van der Waals surface area contributed by atoms with Crippen molar-refractivity contribution in [3.8, 4) is 5.75 Å². The monoisotopic (exact) mass is 297 g/mol. The number of halogens is 1. The Kier molecular flexibility index (Phi) is 5.26. The second kappa shape index (κ2) is 6.95. The lowest BCUT2D eigenvalue weighted by atomic mass is 9.91. The molecule has 0 aromatic heterocycles. The summed E-state index contributed by atoms with van der Waals surface area (Å²) < 4.78 is 5.65. The minimum atomic E-state index is -0.566. The fourth-order valence-electron chi connectivity index (χ4n) is 2.28. The highest BCUT2D eigenvalue weighted by molar-refractivity contribution is 6.30. The van der Waals surface area contributed by atoms with Gasteiger partial charge in [0.2, 0.25) is 0 Å². The summed E-state index contributed by atoms with van der Waals surface area (Å²) in [7, 11) is 0. The molecule has 0 bridgehead atoms. The summed E-state index contributed by atoms with van der Waals surface area (Å²) in [5, 5.41) is 9.74. The van der Waals surface area contributed by atoms with Gasteiger partial charge in [0.1, 0.15) is 5.75 Å². The summed E-state index contributed by atoms with van der Waals surface area (Å²) in [6.07, 6.45) is 2.61. The molecule has 1 aromatic rings. The highest BCUT2D eigenvalue weighted by atomic mass is 35.5. The summed E-state index contributed by atoms with van der Waals surface area (Å²) >= 11 is 5.81. The lowest BCUT2D eigenvalue weighted by Crippen LogP contribution is -2.50. The zero-order valence-corrected chi connectivity index (χ0v) is 12.3. The third kappa shape index (κ3) is 3.64. The van der Waals surface area contributed by atoms with E-state index >= 15 is 0 Å². The maximum Gasteiger partial charge on any atom is 0.263 e. The minimum Gasteiger partial charge on any atom is -0.481 e. The molecule has 1 aliphatic rings. The van der Waals surface area contributed by atoms with Gasteiger partial charge in [0.05, 0.1) is 6.61 Å². The first-order chi connectivity index (χ1) is 9.61. The van der Waals surface area contributed by atoms with Crippen LogP contribution in [0.5, 0.6) is 5.75 Å². The molecule has 1 aromatic carbocycles. The van der Waals surface area contributed by atoms with Gasteiger partial charge in [-0.05, 0) is 50.5 Å². The van der Waals surface area contributed by atoms with Gasteiger partial charge in [-0.3, -0.25) is 4.79 Å². The first kappa shape index (κ1) is 15.1. The third-order valence-electron chi connectivity index (χ3n) is 3.61. The number of aliphatic hydroxyl groups is 1. The topological polar surface area (TPSA) is 49.8 Å². The van der Waals surface area contributed by atoms with E-state index in [0.717, 1.165) is 19.3 Å². The summed E-state index contributed by atoms with van der Waals surface area (Å²) in [5.74, 6) is 0.548. The molecule has 110 valence electrons. The fourth-order valence-corrected chi connectivity index (χ4v) is 2.41. The molecule has 1 amide bonds. The van der Waals surface area contributed by atoms with Gasteiger partial charge in [0, 0.05) is 17.6 Å². The number of ether oxygens (including phenoxy) is 1. The molecule has 1 unspecified atom stereocenters. The van der Waals surface area contributed by atoms with Crippen molar-refractivity contribution in [2.24, 2.45) is 0 Å². The number of carbonyl (C=O) groups is 1. The Hall–Kier alpha value is -1.26. The number of aliphatic hydroxyl groups excluding tert-OH is 1. The number of carbonyl (C=O) groups excluding carboxylic acids is 1. The molecule has 5 heteroatoms. The SMILES string of the molecule is CC(Oc1ccc(Cl)cc1)C(=O)N(CCO)C1CCC1. The third-order valence-corrected chi connectivity index (χ3v) is 3.87. The van der Waals surface area contributed by atoms with E-state index in [9.17, 15) is 4.79 Å². The van der Waals surface area contributed by atoms with E-state index in [4.69, 9.17) is 21.4 Å². The molecule has 1 fully saturated rings. The Balaban J connectivity index is 1.97. The van der Waals surface area contributed by atoms with Crippen LogP contribution < -0.4 is 4.74 Å². The number of rotatable bonds is 6. The molecule has 0 spiro atoms. The van der Waals surface area contributed by atoms with Gasteiger partial charge in [0.25, 0.3) is 5.91 Å². The Labute approximate surface area is 124 Å². The van der Waals surface area contributed by atoms with Crippen LogP contribution in [0.1, 0.15) is 26.2 Å². The van der Waals surface area contributed by atoms with E-state index in [1.807, 2.05) is 0 Å². The number of hydrogen-bond donors (Lipinski definition) is 1. The van der Waals surface area contributed by atoms with Crippen LogP contribution in [0.15, 0.2) is 24.3 Å². The molecular weight excluding hydrogens is 278 g/mol. The molecule has 1 saturated carbocycles. The van der Waals surface area contributed by atoms with Gasteiger partial charge in [-0.15, -0.1) is 0 Å². The average Bonchev–Trinajstić information content (AvgIpc) is 2.38.